The van der Waals surface area contributed by atoms with Crippen LogP contribution in [0.15, 0.2) is 42.6 Å². The lowest BCUT2D eigenvalue weighted by molar-refractivity contribution is -0.122. The van der Waals surface area contributed by atoms with E-state index in [1.54, 1.807) is 6.20 Å². The average molecular weight is 377 g/mol. The standard InChI is InChI=1S/C22H27N5O/c1-15(2)27-19-9-5-4-8-18(19)25-22(27)17-7-6-12-26(14-28)21(17)16-10-11-24-20(13-16)23-3/h4-5,8-11,13-15,17,21H,6-7,12H2,1-3H3,(H,23,24). The van der Waals surface area contributed by atoms with Gasteiger partial charge in [0, 0.05) is 31.7 Å². The first-order chi connectivity index (χ1) is 13.6. The van der Waals surface area contributed by atoms with E-state index in [1.165, 1.54) is 0 Å². The number of likely N-dealkylation sites (tertiary alicyclic amines) is 1. The number of hydrogen-bond acceptors (Lipinski definition) is 4. The average Bonchev–Trinajstić information content (AvgIpc) is 3.13. The van der Waals surface area contributed by atoms with Crippen molar-refractivity contribution in [1.82, 2.24) is 19.4 Å². The van der Waals surface area contributed by atoms with E-state index in [1.807, 2.05) is 30.1 Å². The topological polar surface area (TPSA) is 63.1 Å². The van der Waals surface area contributed by atoms with E-state index in [4.69, 9.17) is 4.98 Å². The molecule has 2 atom stereocenters. The van der Waals surface area contributed by atoms with E-state index in [9.17, 15) is 4.79 Å². The minimum atomic E-state index is -0.0457. The van der Waals surface area contributed by atoms with Gasteiger partial charge < -0.3 is 14.8 Å². The van der Waals surface area contributed by atoms with Crippen molar-refractivity contribution in [3.63, 3.8) is 0 Å². The number of fused-ring (bicyclic) bond motifs is 1. The quantitative estimate of drug-likeness (QED) is 0.679. The van der Waals surface area contributed by atoms with Crippen molar-refractivity contribution in [3.8, 4) is 0 Å². The van der Waals surface area contributed by atoms with Crippen molar-refractivity contribution in [1.29, 1.82) is 0 Å². The van der Waals surface area contributed by atoms with Gasteiger partial charge in [0.05, 0.1) is 17.1 Å². The van der Waals surface area contributed by atoms with Gasteiger partial charge in [-0.15, -0.1) is 0 Å². The monoisotopic (exact) mass is 377 g/mol. The van der Waals surface area contributed by atoms with Crippen LogP contribution in [0, 0.1) is 0 Å². The number of carbonyl (C=O) groups is 1. The molecule has 3 heterocycles. The zero-order chi connectivity index (χ0) is 19.7. The molecule has 1 N–H and O–H groups in total. The third-order valence-electron chi connectivity index (χ3n) is 5.66. The maximum Gasteiger partial charge on any atom is 0.210 e. The van der Waals surface area contributed by atoms with E-state index in [-0.39, 0.29) is 12.0 Å². The van der Waals surface area contributed by atoms with Crippen molar-refractivity contribution in [3.05, 3.63) is 54.0 Å². The van der Waals surface area contributed by atoms with Gasteiger partial charge >= 0.3 is 0 Å². The molecule has 2 unspecified atom stereocenters. The van der Waals surface area contributed by atoms with Crippen LogP contribution in [0.5, 0.6) is 0 Å². The van der Waals surface area contributed by atoms with Gasteiger partial charge in [0.1, 0.15) is 11.6 Å². The van der Waals surface area contributed by atoms with Crippen LogP contribution >= 0.6 is 0 Å². The Kier molecular flexibility index (Phi) is 5.03. The normalized spacial score (nSPS) is 19.9. The number of nitrogens with zero attached hydrogens (tertiary/aromatic N) is 4. The summed E-state index contributed by atoms with van der Waals surface area (Å²) in [4.78, 5) is 23.2. The molecule has 1 aromatic carbocycles. The Morgan fingerprint density at radius 2 is 2.07 bits per heavy atom. The van der Waals surface area contributed by atoms with Gasteiger partial charge in [-0.05, 0) is 56.5 Å². The fourth-order valence-corrected chi connectivity index (χ4v) is 4.47. The van der Waals surface area contributed by atoms with Crippen LogP contribution in [0.3, 0.4) is 0 Å². The first-order valence-corrected chi connectivity index (χ1v) is 9.95. The number of carbonyl (C=O) groups excluding carboxylic acids is 1. The molecule has 4 rings (SSSR count). The summed E-state index contributed by atoms with van der Waals surface area (Å²) in [6.07, 6.45) is 4.77. The van der Waals surface area contributed by atoms with Crippen LogP contribution in [0.4, 0.5) is 5.82 Å². The lowest BCUT2D eigenvalue weighted by atomic mass is 9.84. The van der Waals surface area contributed by atoms with E-state index >= 15 is 0 Å². The zero-order valence-electron chi connectivity index (χ0n) is 16.7. The van der Waals surface area contributed by atoms with Gasteiger partial charge in [0.15, 0.2) is 0 Å². The number of rotatable bonds is 5. The van der Waals surface area contributed by atoms with E-state index < -0.39 is 0 Å². The molecule has 0 spiro atoms. The molecule has 2 aromatic heterocycles. The first-order valence-electron chi connectivity index (χ1n) is 9.95. The van der Waals surface area contributed by atoms with Gasteiger partial charge in [-0.2, -0.15) is 0 Å². The molecule has 6 nitrogen and oxygen atoms in total. The molecule has 6 heteroatoms. The molecule has 3 aromatic rings. The molecule has 0 aliphatic carbocycles. The summed E-state index contributed by atoms with van der Waals surface area (Å²) in [7, 11) is 1.86. The molecule has 28 heavy (non-hydrogen) atoms. The minimum absolute atomic E-state index is 0.0457. The van der Waals surface area contributed by atoms with Crippen LogP contribution in [0.25, 0.3) is 11.0 Å². The molecule has 1 fully saturated rings. The second-order valence-electron chi connectivity index (χ2n) is 7.68. The number of anilines is 1. The third kappa shape index (κ3) is 3.13. The molecule has 0 saturated carbocycles. The second kappa shape index (κ2) is 7.62. The summed E-state index contributed by atoms with van der Waals surface area (Å²) in [5.74, 6) is 2.02. The SMILES string of the molecule is CNc1cc(C2C(c3nc4ccccc4n3C(C)C)CCCN2C=O)ccn1. The molecule has 1 amide bonds. The van der Waals surface area contributed by atoms with Crippen molar-refractivity contribution < 1.29 is 4.79 Å². The lowest BCUT2D eigenvalue weighted by Crippen LogP contribution is -2.38. The highest BCUT2D eigenvalue weighted by Crippen LogP contribution is 2.43. The zero-order valence-corrected chi connectivity index (χ0v) is 16.7. The third-order valence-corrected chi connectivity index (χ3v) is 5.66. The van der Waals surface area contributed by atoms with Gasteiger partial charge in [-0.25, -0.2) is 9.97 Å². The Bertz CT molecular complexity index is 980. The van der Waals surface area contributed by atoms with Crippen LogP contribution in [0.1, 0.15) is 56.1 Å². The minimum Gasteiger partial charge on any atom is -0.373 e. The molecular formula is C22H27N5O. The highest BCUT2D eigenvalue weighted by atomic mass is 16.1. The predicted octanol–water partition coefficient (Wildman–Crippen LogP) is 4.13. The molecular weight excluding hydrogens is 350 g/mol. The van der Waals surface area contributed by atoms with Crippen LogP contribution in [-0.2, 0) is 4.79 Å². The Hall–Kier alpha value is -2.89. The van der Waals surface area contributed by atoms with Crippen molar-refractivity contribution in [2.24, 2.45) is 0 Å². The molecule has 146 valence electrons. The summed E-state index contributed by atoms with van der Waals surface area (Å²) in [5.41, 5.74) is 3.26. The molecule has 1 aliphatic rings. The molecule has 0 bridgehead atoms. The lowest BCUT2D eigenvalue weighted by Gasteiger charge is -2.39. The van der Waals surface area contributed by atoms with Crippen molar-refractivity contribution in [2.75, 3.05) is 18.9 Å². The Morgan fingerprint density at radius 3 is 2.82 bits per heavy atom. The second-order valence-corrected chi connectivity index (χ2v) is 7.68. The van der Waals surface area contributed by atoms with Gasteiger partial charge in [-0.3, -0.25) is 4.79 Å². The number of benzene rings is 1. The predicted molar refractivity (Wildman–Crippen MR) is 111 cm³/mol. The number of amides is 1. The van der Waals surface area contributed by atoms with Gasteiger partial charge in [0.2, 0.25) is 6.41 Å². The number of imidazole rings is 1. The number of pyridine rings is 1. The van der Waals surface area contributed by atoms with Crippen molar-refractivity contribution >= 4 is 23.3 Å². The fourth-order valence-electron chi connectivity index (χ4n) is 4.47. The highest BCUT2D eigenvalue weighted by molar-refractivity contribution is 5.76. The number of piperidine rings is 1. The van der Waals surface area contributed by atoms with Crippen molar-refractivity contribution in [2.45, 2.75) is 44.7 Å². The van der Waals surface area contributed by atoms with E-state index in [2.05, 4.69) is 46.9 Å². The summed E-state index contributed by atoms with van der Waals surface area (Å²) < 4.78 is 2.33. The largest absolute Gasteiger partial charge is 0.373 e. The van der Waals surface area contributed by atoms with E-state index in [0.29, 0.717) is 6.04 Å². The van der Waals surface area contributed by atoms with Crippen LogP contribution in [0.2, 0.25) is 0 Å². The van der Waals surface area contributed by atoms with Crippen LogP contribution < -0.4 is 5.32 Å². The van der Waals surface area contributed by atoms with Crippen LogP contribution in [-0.4, -0.2) is 39.4 Å². The smallest absolute Gasteiger partial charge is 0.210 e. The summed E-state index contributed by atoms with van der Waals surface area (Å²) >= 11 is 0. The van der Waals surface area contributed by atoms with Gasteiger partial charge in [0.25, 0.3) is 0 Å². The Morgan fingerprint density at radius 1 is 1.25 bits per heavy atom. The molecule has 0 radical (unpaired) electrons. The number of para-hydroxylation sites is 2. The molecule has 1 aliphatic heterocycles. The van der Waals surface area contributed by atoms with Gasteiger partial charge in [-0.1, -0.05) is 12.1 Å². The van der Waals surface area contributed by atoms with E-state index in [0.717, 1.165) is 54.0 Å². The maximum absolute atomic E-state index is 11.9. The summed E-state index contributed by atoms with van der Waals surface area (Å²) in [6, 6.07) is 12.6. The Balaban J connectivity index is 1.87. The first kappa shape index (κ1) is 18.5. The summed E-state index contributed by atoms with van der Waals surface area (Å²) in [5, 5.41) is 3.11. The maximum atomic E-state index is 11.9. The Labute approximate surface area is 165 Å². The highest BCUT2D eigenvalue weighted by Gasteiger charge is 2.36. The number of aromatic nitrogens is 3. The fraction of sp³-hybridized carbons (Fsp3) is 0.409. The number of hydrogen-bond donors (Lipinski definition) is 1. The summed E-state index contributed by atoms with van der Waals surface area (Å²) in [6.45, 7) is 5.15. The molecule has 1 saturated heterocycles. The number of nitrogens with one attached hydrogen (secondary N) is 1.